The van der Waals surface area contributed by atoms with Crippen LogP contribution in [0.15, 0.2) is 73.8 Å². The number of aryl methyl sites for hydroxylation is 2. The summed E-state index contributed by atoms with van der Waals surface area (Å²) >= 11 is 3.74. The van der Waals surface area contributed by atoms with Gasteiger partial charge in [-0.15, -0.1) is 13.2 Å². The molecule has 1 spiro atoms. The van der Waals surface area contributed by atoms with Crippen LogP contribution in [0.25, 0.3) is 0 Å². The molecule has 8 atom stereocenters. The van der Waals surface area contributed by atoms with Crippen LogP contribution in [0.5, 0.6) is 0 Å². The normalized spacial score (nSPS) is 26.2. The number of anilines is 1. The summed E-state index contributed by atoms with van der Waals surface area (Å²) in [5.74, 6) is -3.44. The zero-order valence-corrected chi connectivity index (χ0v) is 30.9. The van der Waals surface area contributed by atoms with Crippen LogP contribution in [0.1, 0.15) is 55.4 Å². The lowest BCUT2D eigenvalue weighted by atomic mass is 9.70. The number of aliphatic hydroxyl groups is 1. The minimum absolute atomic E-state index is 0.114. The van der Waals surface area contributed by atoms with E-state index in [0.717, 1.165) is 11.1 Å². The van der Waals surface area contributed by atoms with Gasteiger partial charge in [0.1, 0.15) is 17.7 Å². The SMILES string of the molecule is C=CCCC(=O)N(C)[C@H](C)[C@H](OC(=O)[C@@H]1[C@H]2O[C@@]3(CC2Br)[C@H](C(=O)N(CC=C)c2cc(C)ccc2C)N(CCCO)C(=O)[C@@H]13)c1ccccc1. The molecule has 3 heterocycles. The quantitative estimate of drug-likeness (QED) is 0.154. The molecule has 0 radical (unpaired) electrons. The molecule has 0 aliphatic carbocycles. The van der Waals surface area contributed by atoms with Crippen molar-refractivity contribution in [2.75, 3.05) is 31.6 Å². The molecule has 268 valence electrons. The summed E-state index contributed by atoms with van der Waals surface area (Å²) in [5, 5.41) is 9.79. The highest BCUT2D eigenvalue weighted by molar-refractivity contribution is 9.09. The first-order valence-corrected chi connectivity index (χ1v) is 18.2. The van der Waals surface area contributed by atoms with E-state index in [4.69, 9.17) is 9.47 Å². The number of amides is 3. The third-order valence-electron chi connectivity index (χ3n) is 10.5. The molecule has 11 heteroatoms. The molecule has 2 bridgehead atoms. The number of rotatable bonds is 15. The third kappa shape index (κ3) is 6.79. The Morgan fingerprint density at radius 2 is 1.88 bits per heavy atom. The van der Waals surface area contributed by atoms with Crippen LogP contribution in [0.4, 0.5) is 5.69 Å². The average molecular weight is 751 g/mol. The number of halogens is 1. The molecular weight excluding hydrogens is 702 g/mol. The van der Waals surface area contributed by atoms with Crippen LogP contribution in [-0.4, -0.2) is 94.0 Å². The van der Waals surface area contributed by atoms with Crippen molar-refractivity contribution in [1.82, 2.24) is 9.80 Å². The number of likely N-dealkylation sites (N-methyl/N-ethyl adjacent to an activating group) is 1. The zero-order chi connectivity index (χ0) is 36.3. The smallest absolute Gasteiger partial charge is 0.313 e. The van der Waals surface area contributed by atoms with Crippen molar-refractivity contribution >= 4 is 45.3 Å². The molecule has 10 nitrogen and oxygen atoms in total. The summed E-state index contributed by atoms with van der Waals surface area (Å²) in [6.07, 6.45) is 3.14. The van der Waals surface area contributed by atoms with Crippen LogP contribution in [-0.2, 0) is 28.7 Å². The number of hydrogen-bond donors (Lipinski definition) is 1. The van der Waals surface area contributed by atoms with Gasteiger partial charge < -0.3 is 29.3 Å². The first-order chi connectivity index (χ1) is 23.9. The Balaban J connectivity index is 1.52. The number of hydrogen-bond acceptors (Lipinski definition) is 7. The van der Waals surface area contributed by atoms with E-state index in [1.807, 2.05) is 69.3 Å². The lowest BCUT2D eigenvalue weighted by Gasteiger charge is -2.37. The Bertz CT molecular complexity index is 1620. The fraction of sp³-hybridized carbons (Fsp3) is 0.487. The summed E-state index contributed by atoms with van der Waals surface area (Å²) < 4.78 is 13.1. The van der Waals surface area contributed by atoms with Crippen molar-refractivity contribution in [3.63, 3.8) is 0 Å². The largest absolute Gasteiger partial charge is 0.455 e. The van der Waals surface area contributed by atoms with Gasteiger partial charge in [-0.25, -0.2) is 0 Å². The first-order valence-electron chi connectivity index (χ1n) is 17.3. The summed E-state index contributed by atoms with van der Waals surface area (Å²) in [4.78, 5) is 61.3. The van der Waals surface area contributed by atoms with E-state index >= 15 is 0 Å². The number of carbonyl (C=O) groups is 4. The molecule has 2 aromatic carbocycles. The molecule has 1 N–H and O–H groups in total. The monoisotopic (exact) mass is 749 g/mol. The molecule has 3 aliphatic rings. The number of benzene rings is 2. The van der Waals surface area contributed by atoms with Gasteiger partial charge in [0.2, 0.25) is 11.8 Å². The van der Waals surface area contributed by atoms with E-state index in [1.54, 1.807) is 29.0 Å². The highest BCUT2D eigenvalue weighted by atomic mass is 79.9. The van der Waals surface area contributed by atoms with Crippen LogP contribution in [0, 0.1) is 25.7 Å². The van der Waals surface area contributed by atoms with Crippen LogP contribution in [0.2, 0.25) is 0 Å². The van der Waals surface area contributed by atoms with Crippen molar-refractivity contribution in [3.05, 3.63) is 90.5 Å². The summed E-state index contributed by atoms with van der Waals surface area (Å²) in [6.45, 7) is 13.5. The molecule has 2 aromatic rings. The highest BCUT2D eigenvalue weighted by Crippen LogP contribution is 2.60. The fourth-order valence-electron chi connectivity index (χ4n) is 7.88. The van der Waals surface area contributed by atoms with E-state index in [-0.39, 0.29) is 55.1 Å². The maximum Gasteiger partial charge on any atom is 0.313 e. The van der Waals surface area contributed by atoms with Gasteiger partial charge in [0, 0.05) is 43.7 Å². The Hall–Kier alpha value is -3.80. The van der Waals surface area contributed by atoms with E-state index in [9.17, 15) is 24.3 Å². The van der Waals surface area contributed by atoms with Gasteiger partial charge >= 0.3 is 5.97 Å². The van der Waals surface area contributed by atoms with Gasteiger partial charge in [0.05, 0.1) is 24.0 Å². The summed E-state index contributed by atoms with van der Waals surface area (Å²) in [6, 6.07) is 13.5. The van der Waals surface area contributed by atoms with E-state index < -0.39 is 47.7 Å². The zero-order valence-electron chi connectivity index (χ0n) is 29.3. The minimum atomic E-state index is -1.31. The predicted molar refractivity (Wildman–Crippen MR) is 195 cm³/mol. The number of aliphatic hydroxyl groups excluding tert-OH is 1. The summed E-state index contributed by atoms with van der Waals surface area (Å²) in [5.41, 5.74) is 1.95. The number of alkyl halides is 1. The second-order valence-corrected chi connectivity index (χ2v) is 14.8. The number of allylic oxidation sites excluding steroid dienone is 1. The summed E-state index contributed by atoms with van der Waals surface area (Å²) in [7, 11) is 1.69. The Labute approximate surface area is 303 Å². The number of esters is 1. The molecule has 3 saturated heterocycles. The minimum Gasteiger partial charge on any atom is -0.455 e. The highest BCUT2D eigenvalue weighted by Gasteiger charge is 2.77. The number of carbonyl (C=O) groups excluding carboxylic acids is 4. The Kier molecular flexibility index (Phi) is 11.7. The predicted octanol–water partition coefficient (Wildman–Crippen LogP) is 5.05. The first kappa shape index (κ1) is 37.5. The average Bonchev–Trinajstić information content (AvgIpc) is 3.70. The van der Waals surface area contributed by atoms with Crippen molar-refractivity contribution in [2.24, 2.45) is 11.8 Å². The van der Waals surface area contributed by atoms with Crippen molar-refractivity contribution < 1.29 is 33.8 Å². The van der Waals surface area contributed by atoms with Gasteiger partial charge in [-0.3, -0.25) is 19.2 Å². The molecule has 5 rings (SSSR count). The third-order valence-corrected chi connectivity index (χ3v) is 11.3. The second kappa shape index (κ2) is 15.6. The molecule has 50 heavy (non-hydrogen) atoms. The van der Waals surface area contributed by atoms with Crippen LogP contribution in [0.3, 0.4) is 0 Å². The van der Waals surface area contributed by atoms with Gasteiger partial charge in [0.15, 0.2) is 0 Å². The maximum atomic E-state index is 14.9. The molecule has 3 amide bonds. The molecule has 3 aliphatic heterocycles. The van der Waals surface area contributed by atoms with Crippen molar-refractivity contribution in [2.45, 2.75) is 81.2 Å². The number of fused-ring (bicyclic) bond motifs is 1. The lowest BCUT2D eigenvalue weighted by Crippen LogP contribution is -2.57. The standard InChI is InChI=1S/C39H48BrN3O7/c1-7-9-16-30(45)41(6)26(5)33(27-14-11-10-12-15-27)49-38(48)31-32-36(46)43(20-13-21-44)35(39(32)23-28(40)34(31)50-39)37(47)42(19-8-2)29-22-24(3)17-18-25(29)4/h7-8,10-12,14-15,17-18,22,26,28,31-35,44H,1-2,9,13,16,19-21,23H2,3-6H3/t26-,28?,31+,32-,33+,34+,35+,39-/m1/s1. The number of ether oxygens (including phenoxy) is 2. The Morgan fingerprint density at radius 1 is 1.16 bits per heavy atom. The van der Waals surface area contributed by atoms with Gasteiger partial charge in [0.25, 0.3) is 5.91 Å². The van der Waals surface area contributed by atoms with Crippen LogP contribution >= 0.6 is 15.9 Å². The van der Waals surface area contributed by atoms with Crippen molar-refractivity contribution in [3.8, 4) is 0 Å². The van der Waals surface area contributed by atoms with Gasteiger partial charge in [-0.05, 0) is 62.8 Å². The second-order valence-electron chi connectivity index (χ2n) is 13.6. The van der Waals surface area contributed by atoms with Crippen molar-refractivity contribution in [1.29, 1.82) is 0 Å². The van der Waals surface area contributed by atoms with Gasteiger partial charge in [-0.1, -0.05) is 70.5 Å². The molecular formula is C39H48BrN3O7. The maximum absolute atomic E-state index is 14.9. The van der Waals surface area contributed by atoms with Crippen LogP contribution < -0.4 is 4.90 Å². The lowest BCUT2D eigenvalue weighted by molar-refractivity contribution is -0.164. The molecule has 0 aromatic heterocycles. The molecule has 1 unspecified atom stereocenters. The van der Waals surface area contributed by atoms with E-state index in [1.165, 1.54) is 4.90 Å². The molecule has 3 fully saturated rings. The van der Waals surface area contributed by atoms with E-state index in [0.29, 0.717) is 24.1 Å². The van der Waals surface area contributed by atoms with Gasteiger partial charge in [-0.2, -0.15) is 0 Å². The Morgan fingerprint density at radius 3 is 2.54 bits per heavy atom. The fourth-order valence-corrected chi connectivity index (χ4v) is 8.82. The van der Waals surface area contributed by atoms with E-state index in [2.05, 4.69) is 29.1 Å². The number of nitrogens with zero attached hydrogens (tertiary/aromatic N) is 3. The topological polar surface area (TPSA) is 117 Å². The molecule has 0 saturated carbocycles. The number of likely N-dealkylation sites (tertiary alicyclic amines) is 1.